The van der Waals surface area contributed by atoms with Gasteiger partial charge < -0.3 is 5.11 Å². The van der Waals surface area contributed by atoms with Crippen LogP contribution in [0.5, 0.6) is 0 Å². The van der Waals surface area contributed by atoms with Crippen LogP contribution < -0.4 is 0 Å². The summed E-state index contributed by atoms with van der Waals surface area (Å²) in [5.41, 5.74) is -1.27. The number of carbonyl (C=O) groups is 1. The highest BCUT2D eigenvalue weighted by molar-refractivity contribution is 5.81. The minimum absolute atomic E-state index is 0.0501. The zero-order valence-corrected chi connectivity index (χ0v) is 17.4. The normalized spacial score (nSPS) is 30.3. The first-order chi connectivity index (χ1) is 13.9. The average molecular weight is 411 g/mol. The van der Waals surface area contributed by atoms with Gasteiger partial charge in [-0.3, -0.25) is 4.79 Å². The summed E-state index contributed by atoms with van der Waals surface area (Å²) in [4.78, 5) is 12.0. The monoisotopic (exact) mass is 410 g/mol. The van der Waals surface area contributed by atoms with Crippen molar-refractivity contribution in [2.45, 2.75) is 89.4 Å². The molecule has 1 aromatic rings. The maximum absolute atomic E-state index is 13.7. The van der Waals surface area contributed by atoms with Crippen LogP contribution in [-0.2, 0) is 10.2 Å². The summed E-state index contributed by atoms with van der Waals surface area (Å²) in [6.07, 6.45) is 12.4. The highest BCUT2D eigenvalue weighted by Crippen LogP contribution is 2.45. The molecule has 2 nitrogen and oxygen atoms in total. The van der Waals surface area contributed by atoms with Crippen molar-refractivity contribution in [3.63, 3.8) is 0 Å². The molecule has 1 N–H and O–H groups in total. The van der Waals surface area contributed by atoms with Crippen molar-refractivity contribution in [3.8, 4) is 0 Å². The maximum Gasteiger partial charge on any atom is 0.314 e. The Kier molecular flexibility index (Phi) is 7.28. The molecule has 162 valence electrons. The van der Waals surface area contributed by atoms with E-state index in [1.165, 1.54) is 44.9 Å². The van der Waals surface area contributed by atoms with Crippen LogP contribution in [0.4, 0.5) is 13.2 Å². The van der Waals surface area contributed by atoms with Crippen molar-refractivity contribution in [2.75, 3.05) is 0 Å². The summed E-state index contributed by atoms with van der Waals surface area (Å²) < 4.78 is 40.7. The molecule has 2 fully saturated rings. The first-order valence-corrected chi connectivity index (χ1v) is 11.2. The number of aliphatic carboxylic acids is 1. The Hall–Kier alpha value is -1.52. The highest BCUT2D eigenvalue weighted by Gasteiger charge is 2.44. The van der Waals surface area contributed by atoms with E-state index < -0.39 is 28.8 Å². The summed E-state index contributed by atoms with van der Waals surface area (Å²) in [5.74, 6) is -3.10. The van der Waals surface area contributed by atoms with E-state index >= 15 is 0 Å². The molecule has 0 spiro atoms. The second kappa shape index (κ2) is 9.53. The fraction of sp³-hybridized carbons (Fsp3) is 0.708. The van der Waals surface area contributed by atoms with E-state index in [4.69, 9.17) is 0 Å². The number of carboxylic acids is 1. The third kappa shape index (κ3) is 4.97. The van der Waals surface area contributed by atoms with E-state index in [9.17, 15) is 23.1 Å². The van der Waals surface area contributed by atoms with Crippen LogP contribution in [0.3, 0.4) is 0 Å². The van der Waals surface area contributed by atoms with E-state index in [-0.39, 0.29) is 5.56 Å². The minimum Gasteiger partial charge on any atom is -0.481 e. The molecule has 3 rings (SSSR count). The fourth-order valence-corrected chi connectivity index (χ4v) is 5.61. The molecule has 2 aliphatic rings. The Labute approximate surface area is 171 Å². The molecule has 0 aliphatic heterocycles. The van der Waals surface area contributed by atoms with Gasteiger partial charge in [0.25, 0.3) is 0 Å². The predicted octanol–water partition coefficient (Wildman–Crippen LogP) is 7.00. The molecule has 0 radical (unpaired) electrons. The van der Waals surface area contributed by atoms with Gasteiger partial charge in [0.2, 0.25) is 0 Å². The van der Waals surface area contributed by atoms with Gasteiger partial charge in [-0.1, -0.05) is 58.3 Å². The SMILES string of the molecule is CCCC1CCC(CCC2CCC(C(=O)O)(c3cc(F)c(F)c(F)c3)CC2)CC1. The number of benzene rings is 1. The lowest BCUT2D eigenvalue weighted by molar-refractivity contribution is -0.145. The Morgan fingerprint density at radius 1 is 0.897 bits per heavy atom. The summed E-state index contributed by atoms with van der Waals surface area (Å²) in [6.45, 7) is 2.25. The molecule has 0 atom stereocenters. The number of rotatable bonds is 7. The van der Waals surface area contributed by atoms with E-state index in [1.807, 2.05) is 0 Å². The summed E-state index contributed by atoms with van der Waals surface area (Å²) >= 11 is 0. The molecule has 29 heavy (non-hydrogen) atoms. The lowest BCUT2D eigenvalue weighted by Crippen LogP contribution is -2.40. The van der Waals surface area contributed by atoms with E-state index in [2.05, 4.69) is 6.92 Å². The molecule has 0 unspecified atom stereocenters. The van der Waals surface area contributed by atoms with Crippen molar-refractivity contribution in [1.82, 2.24) is 0 Å². The van der Waals surface area contributed by atoms with Gasteiger partial charge >= 0.3 is 5.97 Å². The molecule has 0 amide bonds. The third-order valence-corrected chi connectivity index (χ3v) is 7.55. The molecule has 2 saturated carbocycles. The lowest BCUT2D eigenvalue weighted by Gasteiger charge is -2.38. The van der Waals surface area contributed by atoms with Crippen molar-refractivity contribution >= 4 is 5.97 Å². The Morgan fingerprint density at radius 3 is 1.79 bits per heavy atom. The van der Waals surface area contributed by atoms with E-state index in [0.717, 1.165) is 43.2 Å². The zero-order valence-electron chi connectivity index (χ0n) is 17.4. The van der Waals surface area contributed by atoms with Crippen LogP contribution in [0, 0.1) is 35.2 Å². The predicted molar refractivity (Wildman–Crippen MR) is 107 cm³/mol. The topological polar surface area (TPSA) is 37.3 Å². The summed E-state index contributed by atoms with van der Waals surface area (Å²) in [5, 5.41) is 9.84. The van der Waals surface area contributed by atoms with Crippen LogP contribution in [0.2, 0.25) is 0 Å². The van der Waals surface area contributed by atoms with Gasteiger partial charge in [-0.15, -0.1) is 0 Å². The van der Waals surface area contributed by atoms with Gasteiger partial charge in [0.1, 0.15) is 0 Å². The van der Waals surface area contributed by atoms with E-state index in [0.29, 0.717) is 18.8 Å². The Balaban J connectivity index is 1.56. The lowest BCUT2D eigenvalue weighted by atomic mass is 9.65. The number of carboxylic acid groups (broad SMARTS) is 1. The quantitative estimate of drug-likeness (QED) is 0.491. The molecule has 0 bridgehead atoms. The molecule has 0 aromatic heterocycles. The van der Waals surface area contributed by atoms with Crippen molar-refractivity contribution in [3.05, 3.63) is 35.1 Å². The first kappa shape index (κ1) is 22.2. The molecule has 1 aromatic carbocycles. The number of hydrogen-bond donors (Lipinski definition) is 1. The van der Waals surface area contributed by atoms with Gasteiger partial charge in [-0.2, -0.15) is 0 Å². The zero-order chi connectivity index (χ0) is 21.0. The molecule has 0 heterocycles. The molecule has 5 heteroatoms. The molecule has 0 saturated heterocycles. The maximum atomic E-state index is 13.7. The first-order valence-electron chi connectivity index (χ1n) is 11.2. The fourth-order valence-electron chi connectivity index (χ4n) is 5.61. The largest absolute Gasteiger partial charge is 0.481 e. The van der Waals surface area contributed by atoms with Crippen LogP contribution in [-0.4, -0.2) is 11.1 Å². The highest BCUT2D eigenvalue weighted by atomic mass is 19.2. The smallest absolute Gasteiger partial charge is 0.314 e. The number of halogens is 3. The van der Waals surface area contributed by atoms with Crippen LogP contribution >= 0.6 is 0 Å². The minimum atomic E-state index is -1.54. The van der Waals surface area contributed by atoms with Crippen molar-refractivity contribution < 1.29 is 23.1 Å². The Bertz CT molecular complexity index is 679. The molecule has 2 aliphatic carbocycles. The van der Waals surface area contributed by atoms with Crippen LogP contribution in [0.15, 0.2) is 12.1 Å². The van der Waals surface area contributed by atoms with Crippen molar-refractivity contribution in [2.24, 2.45) is 17.8 Å². The third-order valence-electron chi connectivity index (χ3n) is 7.55. The second-order valence-corrected chi connectivity index (χ2v) is 9.34. The van der Waals surface area contributed by atoms with Crippen molar-refractivity contribution in [1.29, 1.82) is 0 Å². The van der Waals surface area contributed by atoms with E-state index in [1.54, 1.807) is 0 Å². The van der Waals surface area contributed by atoms with Gasteiger partial charge in [-0.25, -0.2) is 13.2 Å². The number of hydrogen-bond acceptors (Lipinski definition) is 1. The van der Waals surface area contributed by atoms with Gasteiger partial charge in [0, 0.05) is 0 Å². The average Bonchev–Trinajstić information content (AvgIpc) is 2.71. The standard InChI is InChI=1S/C24H33F3O2/c1-2-3-16-4-6-17(7-5-16)8-9-18-10-12-24(13-11-18,23(28)29)19-14-20(25)22(27)21(26)15-19/h14-18H,2-13H2,1H3,(H,28,29). The van der Waals surface area contributed by atoms with Gasteiger partial charge in [-0.05, 0) is 61.1 Å². The van der Waals surface area contributed by atoms with Crippen LogP contribution in [0.25, 0.3) is 0 Å². The second-order valence-electron chi connectivity index (χ2n) is 9.34. The van der Waals surface area contributed by atoms with Crippen LogP contribution in [0.1, 0.15) is 89.5 Å². The van der Waals surface area contributed by atoms with Gasteiger partial charge in [0.05, 0.1) is 5.41 Å². The summed E-state index contributed by atoms with van der Waals surface area (Å²) in [7, 11) is 0. The van der Waals surface area contributed by atoms with Gasteiger partial charge in [0.15, 0.2) is 17.5 Å². The Morgan fingerprint density at radius 2 is 1.34 bits per heavy atom. The molecular weight excluding hydrogens is 377 g/mol. The molecular formula is C24H33F3O2. The summed E-state index contributed by atoms with van der Waals surface area (Å²) in [6, 6.07) is 1.73.